The molecule has 0 saturated heterocycles. The van der Waals surface area contributed by atoms with E-state index in [4.69, 9.17) is 9.39 Å². The van der Waals surface area contributed by atoms with Crippen LogP contribution in [0.2, 0.25) is 0 Å². The Morgan fingerprint density at radius 1 is 1.15 bits per heavy atom. The normalized spacial score (nSPS) is 13.3. The van der Waals surface area contributed by atoms with E-state index in [2.05, 4.69) is 27.7 Å². The number of ether oxygens (including phenoxy) is 1. The second-order valence-electron chi connectivity index (χ2n) is 4.69. The van der Waals surface area contributed by atoms with E-state index in [1.807, 2.05) is 0 Å². The molecule has 0 heterocycles. The van der Waals surface area contributed by atoms with Crippen LogP contribution in [0.1, 0.15) is 40.5 Å². The second kappa shape index (κ2) is 5.01. The molecule has 0 amide bonds. The summed E-state index contributed by atoms with van der Waals surface area (Å²) in [6.07, 6.45) is 2.22. The molecule has 0 aliphatic heterocycles. The molecule has 0 aromatic rings. The fraction of sp³-hybridized carbons (Fsp3) is 1.00. The third-order valence-electron chi connectivity index (χ3n) is 3.29. The zero-order valence-corrected chi connectivity index (χ0v) is 9.94. The van der Waals surface area contributed by atoms with Gasteiger partial charge in [0.1, 0.15) is 0 Å². The molecule has 0 saturated carbocycles. The summed E-state index contributed by atoms with van der Waals surface area (Å²) < 4.78 is 10.5. The summed E-state index contributed by atoms with van der Waals surface area (Å²) >= 11 is 0. The molecular formula is C10H23BO2. The van der Waals surface area contributed by atoms with Crippen molar-refractivity contribution in [1.82, 2.24) is 0 Å². The van der Waals surface area contributed by atoms with Crippen LogP contribution in [0.5, 0.6) is 0 Å². The highest BCUT2D eigenvalue weighted by atomic mass is 16.5. The van der Waals surface area contributed by atoms with E-state index < -0.39 is 0 Å². The molecule has 0 radical (unpaired) electrons. The van der Waals surface area contributed by atoms with Gasteiger partial charge in [0.2, 0.25) is 0 Å². The minimum absolute atomic E-state index is 0.0687. The number of methoxy groups -OCH3 is 1. The maximum absolute atomic E-state index is 5.49. The molecule has 0 rings (SSSR count). The molecule has 13 heavy (non-hydrogen) atoms. The molecule has 0 aromatic carbocycles. The van der Waals surface area contributed by atoms with Gasteiger partial charge in [-0.1, -0.05) is 13.8 Å². The first kappa shape index (κ1) is 13.0. The molecule has 0 spiro atoms. The lowest BCUT2D eigenvalue weighted by Gasteiger charge is -2.41. The van der Waals surface area contributed by atoms with Gasteiger partial charge in [-0.25, -0.2) is 0 Å². The van der Waals surface area contributed by atoms with Crippen molar-refractivity contribution in [2.24, 2.45) is 5.41 Å². The highest BCUT2D eigenvalue weighted by molar-refractivity contribution is 5.98. The van der Waals surface area contributed by atoms with Gasteiger partial charge in [0.05, 0.1) is 5.60 Å². The van der Waals surface area contributed by atoms with Gasteiger partial charge in [-0.3, -0.25) is 0 Å². The van der Waals surface area contributed by atoms with Crippen molar-refractivity contribution in [3.05, 3.63) is 0 Å². The van der Waals surface area contributed by atoms with Gasteiger partial charge < -0.3 is 9.39 Å². The highest BCUT2D eigenvalue weighted by Gasteiger charge is 2.35. The summed E-state index contributed by atoms with van der Waals surface area (Å²) in [4.78, 5) is 0. The molecule has 0 aromatic heterocycles. The fourth-order valence-corrected chi connectivity index (χ4v) is 1.24. The van der Waals surface area contributed by atoms with Gasteiger partial charge in [-0.15, -0.1) is 0 Å². The van der Waals surface area contributed by atoms with Gasteiger partial charge >= 0.3 is 0 Å². The molecule has 0 aliphatic carbocycles. The summed E-state index contributed by atoms with van der Waals surface area (Å²) in [6.45, 7) is 9.60. The van der Waals surface area contributed by atoms with Crippen molar-refractivity contribution in [1.29, 1.82) is 0 Å². The summed E-state index contributed by atoms with van der Waals surface area (Å²) in [5.41, 5.74) is 0.126. The first-order valence-corrected chi connectivity index (χ1v) is 4.91. The van der Waals surface area contributed by atoms with Crippen LogP contribution in [-0.4, -0.2) is 27.4 Å². The average molecular weight is 186 g/mol. The molecule has 0 N–H and O–H groups in total. The Morgan fingerprint density at radius 3 is 2.08 bits per heavy atom. The first-order chi connectivity index (χ1) is 5.87. The standard InChI is InChI=1S/C10H23BO2/c1-9(2,7-6-8-12-5)10(3,4)13-11/h6-8,11H2,1-5H3. The summed E-state index contributed by atoms with van der Waals surface area (Å²) in [7, 11) is 3.52. The van der Waals surface area contributed by atoms with Crippen molar-refractivity contribution >= 4 is 8.05 Å². The van der Waals surface area contributed by atoms with Crippen LogP contribution in [0, 0.1) is 5.41 Å². The van der Waals surface area contributed by atoms with Crippen molar-refractivity contribution in [3.63, 3.8) is 0 Å². The molecule has 0 fully saturated rings. The lowest BCUT2D eigenvalue weighted by molar-refractivity contribution is -0.0139. The van der Waals surface area contributed by atoms with E-state index >= 15 is 0 Å². The molecule has 0 unspecified atom stereocenters. The van der Waals surface area contributed by atoms with Crippen LogP contribution in [0.3, 0.4) is 0 Å². The Labute approximate surface area is 83.4 Å². The van der Waals surface area contributed by atoms with Crippen molar-refractivity contribution in [2.45, 2.75) is 46.1 Å². The number of hydrogen-bond acceptors (Lipinski definition) is 2. The van der Waals surface area contributed by atoms with Crippen LogP contribution in [-0.2, 0) is 9.39 Å². The Balaban J connectivity index is 4.06. The summed E-state index contributed by atoms with van der Waals surface area (Å²) in [5, 5.41) is 0. The Bertz CT molecular complexity index is 144. The third kappa shape index (κ3) is 3.69. The quantitative estimate of drug-likeness (QED) is 0.465. The van der Waals surface area contributed by atoms with Crippen molar-refractivity contribution < 1.29 is 9.39 Å². The molecule has 78 valence electrons. The molecule has 3 heteroatoms. The molecule has 0 bridgehead atoms. The zero-order chi connectivity index (χ0) is 10.5. The van der Waals surface area contributed by atoms with E-state index in [1.165, 1.54) is 0 Å². The molecular weight excluding hydrogens is 163 g/mol. The van der Waals surface area contributed by atoms with E-state index in [0.717, 1.165) is 19.4 Å². The predicted molar refractivity (Wildman–Crippen MR) is 58.6 cm³/mol. The van der Waals surface area contributed by atoms with E-state index in [0.29, 0.717) is 0 Å². The van der Waals surface area contributed by atoms with Crippen LogP contribution in [0.4, 0.5) is 0 Å². The minimum Gasteiger partial charge on any atom is -0.439 e. The van der Waals surface area contributed by atoms with E-state index in [9.17, 15) is 0 Å². The minimum atomic E-state index is -0.0687. The lowest BCUT2D eigenvalue weighted by Crippen LogP contribution is -2.41. The number of hydrogen-bond donors (Lipinski definition) is 0. The van der Waals surface area contributed by atoms with Crippen molar-refractivity contribution in [2.75, 3.05) is 13.7 Å². The smallest absolute Gasteiger partial charge is 0.258 e. The first-order valence-electron chi connectivity index (χ1n) is 4.91. The van der Waals surface area contributed by atoms with Crippen LogP contribution >= 0.6 is 0 Å². The van der Waals surface area contributed by atoms with E-state index in [-0.39, 0.29) is 11.0 Å². The topological polar surface area (TPSA) is 18.5 Å². The zero-order valence-electron chi connectivity index (χ0n) is 9.94. The molecule has 2 nitrogen and oxygen atoms in total. The van der Waals surface area contributed by atoms with Gasteiger partial charge in [0.15, 0.2) is 0 Å². The predicted octanol–water partition coefficient (Wildman–Crippen LogP) is 1.78. The van der Waals surface area contributed by atoms with Gasteiger partial charge in [-0.05, 0) is 32.1 Å². The Hall–Kier alpha value is -0.0151. The summed E-state index contributed by atoms with van der Waals surface area (Å²) in [6, 6.07) is 0. The van der Waals surface area contributed by atoms with Gasteiger partial charge in [-0.2, -0.15) is 0 Å². The van der Waals surface area contributed by atoms with Crippen molar-refractivity contribution in [3.8, 4) is 0 Å². The maximum Gasteiger partial charge on any atom is 0.258 e. The lowest BCUT2D eigenvalue weighted by atomic mass is 9.73. The van der Waals surface area contributed by atoms with Crippen LogP contribution in [0.15, 0.2) is 0 Å². The van der Waals surface area contributed by atoms with Crippen LogP contribution < -0.4 is 0 Å². The number of rotatable bonds is 6. The fourth-order valence-electron chi connectivity index (χ4n) is 1.24. The molecule has 0 atom stereocenters. The maximum atomic E-state index is 5.49. The van der Waals surface area contributed by atoms with E-state index in [1.54, 1.807) is 15.2 Å². The Morgan fingerprint density at radius 2 is 1.69 bits per heavy atom. The van der Waals surface area contributed by atoms with Gasteiger partial charge in [0.25, 0.3) is 8.05 Å². The monoisotopic (exact) mass is 186 g/mol. The average Bonchev–Trinajstić information content (AvgIpc) is 2.04. The van der Waals surface area contributed by atoms with Crippen LogP contribution in [0.25, 0.3) is 0 Å². The highest BCUT2D eigenvalue weighted by Crippen LogP contribution is 2.37. The van der Waals surface area contributed by atoms with Gasteiger partial charge in [0, 0.05) is 13.7 Å². The second-order valence-corrected chi connectivity index (χ2v) is 4.69. The summed E-state index contributed by atoms with van der Waals surface area (Å²) in [5.74, 6) is 0. The largest absolute Gasteiger partial charge is 0.439 e. The Kier molecular flexibility index (Phi) is 5.01. The molecule has 0 aliphatic rings. The SMILES string of the molecule is BOC(C)(C)C(C)(C)CCCOC. The third-order valence-corrected chi connectivity index (χ3v) is 3.29.